The van der Waals surface area contributed by atoms with E-state index in [0.717, 1.165) is 27.2 Å². The van der Waals surface area contributed by atoms with Gasteiger partial charge < -0.3 is 10.1 Å². The molecule has 0 spiro atoms. The topological polar surface area (TPSA) is 106 Å². The molecule has 11 heteroatoms. The van der Waals surface area contributed by atoms with E-state index in [-0.39, 0.29) is 17.3 Å². The van der Waals surface area contributed by atoms with E-state index in [1.165, 1.54) is 15.6 Å². The van der Waals surface area contributed by atoms with Crippen LogP contribution in [-0.2, 0) is 14.8 Å². The summed E-state index contributed by atoms with van der Waals surface area (Å²) in [6.07, 6.45) is 1.22. The van der Waals surface area contributed by atoms with Crippen LogP contribution in [0.2, 0.25) is 0 Å². The van der Waals surface area contributed by atoms with Gasteiger partial charge in [0, 0.05) is 19.2 Å². The number of methoxy groups -OCH3 is 1. The van der Waals surface area contributed by atoms with Crippen LogP contribution < -0.4 is 10.1 Å². The molecule has 0 bridgehead atoms. The number of rotatable bonds is 6. The molecule has 5 rings (SSSR count). The summed E-state index contributed by atoms with van der Waals surface area (Å²) in [6, 6.07) is 14.2. The molecule has 1 amide bonds. The normalized spacial score (nSPS) is 16.8. The molecule has 4 aromatic rings. The van der Waals surface area contributed by atoms with Gasteiger partial charge in [0.05, 0.1) is 33.8 Å². The maximum atomic E-state index is 13.3. The van der Waals surface area contributed by atoms with Gasteiger partial charge in [-0.1, -0.05) is 29.0 Å². The fourth-order valence-electron chi connectivity index (χ4n) is 4.31. The second-order valence-electron chi connectivity index (χ2n) is 8.92. The predicted octanol–water partition coefficient (Wildman–Crippen LogP) is 4.15. The Hall–Kier alpha value is -3.28. The number of fused-ring (bicyclic) bond motifs is 1. The van der Waals surface area contributed by atoms with E-state index in [9.17, 15) is 13.2 Å². The van der Waals surface area contributed by atoms with Gasteiger partial charge in [0.1, 0.15) is 11.6 Å². The average Bonchev–Trinajstić information content (AvgIpc) is 3.46. The molecule has 36 heavy (non-hydrogen) atoms. The highest BCUT2D eigenvalue weighted by atomic mass is 32.2. The number of benzene rings is 2. The van der Waals surface area contributed by atoms with Crippen LogP contribution in [0.5, 0.6) is 5.75 Å². The number of aromatic nitrogens is 3. The molecule has 2 aromatic carbocycles. The van der Waals surface area contributed by atoms with Crippen LogP contribution in [0.4, 0.5) is 5.82 Å². The highest BCUT2D eigenvalue weighted by molar-refractivity contribution is 7.89. The average molecular weight is 526 g/mol. The number of aryl methyl sites for hydroxylation is 2. The Morgan fingerprint density at radius 2 is 1.92 bits per heavy atom. The van der Waals surface area contributed by atoms with Crippen molar-refractivity contribution in [3.8, 4) is 10.9 Å². The molecule has 1 aliphatic rings. The standard InChI is InChI=1S/C25H27N5O4S2/c1-16-6-9-20(10-7-16)36(32,33)29-12-4-5-18(15-29)24(31)27-23-13-17(2)28-30(23)25-26-21-11-8-19(34-3)14-22(21)35-25/h6-11,13-14,18H,4-5,12,15H2,1-3H3,(H,27,31). The number of hydrogen-bond donors (Lipinski definition) is 1. The van der Waals surface area contributed by atoms with E-state index < -0.39 is 15.9 Å². The Labute approximate surface area is 213 Å². The first-order chi connectivity index (χ1) is 17.2. The Morgan fingerprint density at radius 3 is 2.67 bits per heavy atom. The Balaban J connectivity index is 1.35. The predicted molar refractivity (Wildman–Crippen MR) is 139 cm³/mol. The maximum Gasteiger partial charge on any atom is 0.243 e. The lowest BCUT2D eigenvalue weighted by Gasteiger charge is -2.31. The lowest BCUT2D eigenvalue weighted by molar-refractivity contribution is -0.120. The highest BCUT2D eigenvalue weighted by Gasteiger charge is 2.33. The van der Waals surface area contributed by atoms with E-state index in [1.807, 2.05) is 32.0 Å². The molecule has 3 heterocycles. The first kappa shape index (κ1) is 24.4. The van der Waals surface area contributed by atoms with Crippen LogP contribution in [-0.4, -0.2) is 53.6 Å². The van der Waals surface area contributed by atoms with Gasteiger partial charge in [0.2, 0.25) is 21.1 Å². The minimum absolute atomic E-state index is 0.135. The SMILES string of the molecule is COc1ccc2nc(-n3nc(C)cc3NC(=O)C3CCCN(S(=O)(=O)c4ccc(C)cc4)C3)sc2c1. The number of carbonyl (C=O) groups excluding carboxylic acids is 1. The van der Waals surface area contributed by atoms with Crippen molar-refractivity contribution >= 4 is 43.3 Å². The minimum atomic E-state index is -3.67. The van der Waals surface area contributed by atoms with Gasteiger partial charge in [0.25, 0.3) is 0 Å². The summed E-state index contributed by atoms with van der Waals surface area (Å²) in [7, 11) is -2.05. The van der Waals surface area contributed by atoms with Crippen molar-refractivity contribution in [3.63, 3.8) is 0 Å². The number of piperidine rings is 1. The monoisotopic (exact) mass is 525 g/mol. The molecule has 188 valence electrons. The van der Waals surface area contributed by atoms with Crippen LogP contribution in [0.1, 0.15) is 24.1 Å². The van der Waals surface area contributed by atoms with Crippen LogP contribution in [0, 0.1) is 19.8 Å². The van der Waals surface area contributed by atoms with Crippen molar-refractivity contribution in [2.24, 2.45) is 5.92 Å². The molecule has 1 saturated heterocycles. The molecule has 1 N–H and O–H groups in total. The zero-order valence-electron chi connectivity index (χ0n) is 20.3. The number of ether oxygens (including phenoxy) is 1. The number of carbonyl (C=O) groups is 1. The number of thiazole rings is 1. The Morgan fingerprint density at radius 1 is 1.14 bits per heavy atom. The lowest BCUT2D eigenvalue weighted by Crippen LogP contribution is -2.43. The second kappa shape index (κ2) is 9.64. The Kier molecular flexibility index (Phi) is 6.54. The van der Waals surface area contributed by atoms with Crippen LogP contribution in [0.3, 0.4) is 0 Å². The highest BCUT2D eigenvalue weighted by Crippen LogP contribution is 2.31. The lowest BCUT2D eigenvalue weighted by atomic mass is 9.99. The van der Waals surface area contributed by atoms with Crippen molar-refractivity contribution in [2.75, 3.05) is 25.5 Å². The first-order valence-electron chi connectivity index (χ1n) is 11.6. The summed E-state index contributed by atoms with van der Waals surface area (Å²) in [4.78, 5) is 18.2. The largest absolute Gasteiger partial charge is 0.497 e. The van der Waals surface area contributed by atoms with Crippen LogP contribution in [0.15, 0.2) is 53.4 Å². The fraction of sp³-hybridized carbons (Fsp3) is 0.320. The second-order valence-corrected chi connectivity index (χ2v) is 11.9. The van der Waals surface area contributed by atoms with E-state index >= 15 is 0 Å². The molecule has 9 nitrogen and oxygen atoms in total. The summed E-state index contributed by atoms with van der Waals surface area (Å²) in [5, 5.41) is 8.12. The molecule has 1 aliphatic heterocycles. The molecule has 2 aromatic heterocycles. The molecule has 1 fully saturated rings. The van der Waals surface area contributed by atoms with Gasteiger partial charge in [-0.15, -0.1) is 0 Å². The summed E-state index contributed by atoms with van der Waals surface area (Å²) < 4.78 is 35.6. The van der Waals surface area contributed by atoms with Crippen molar-refractivity contribution in [3.05, 3.63) is 59.8 Å². The van der Waals surface area contributed by atoms with Gasteiger partial charge in [-0.05, 0) is 57.0 Å². The summed E-state index contributed by atoms with van der Waals surface area (Å²) >= 11 is 1.44. The molecule has 1 atom stereocenters. The molecule has 0 radical (unpaired) electrons. The summed E-state index contributed by atoms with van der Waals surface area (Å²) in [5.74, 6) is 0.539. The van der Waals surface area contributed by atoms with E-state index in [2.05, 4.69) is 15.4 Å². The van der Waals surface area contributed by atoms with Gasteiger partial charge in [-0.2, -0.15) is 14.1 Å². The third-order valence-electron chi connectivity index (χ3n) is 6.26. The number of hydrogen-bond acceptors (Lipinski definition) is 7. The molecular formula is C25H27N5O4S2. The van der Waals surface area contributed by atoms with Crippen LogP contribution >= 0.6 is 11.3 Å². The number of anilines is 1. The zero-order chi connectivity index (χ0) is 25.4. The van der Waals surface area contributed by atoms with E-state index in [4.69, 9.17) is 4.74 Å². The molecular weight excluding hydrogens is 498 g/mol. The van der Waals surface area contributed by atoms with E-state index in [1.54, 1.807) is 42.1 Å². The molecule has 1 unspecified atom stereocenters. The number of amides is 1. The first-order valence-corrected chi connectivity index (χ1v) is 13.9. The third kappa shape index (κ3) is 4.73. The number of sulfonamides is 1. The quantitative estimate of drug-likeness (QED) is 0.405. The van der Waals surface area contributed by atoms with Crippen LogP contribution in [0.25, 0.3) is 15.3 Å². The number of nitrogens with one attached hydrogen (secondary N) is 1. The number of nitrogens with zero attached hydrogens (tertiary/aromatic N) is 4. The minimum Gasteiger partial charge on any atom is -0.497 e. The van der Waals surface area contributed by atoms with E-state index in [0.29, 0.717) is 30.3 Å². The van der Waals surface area contributed by atoms with Crippen molar-refractivity contribution in [1.29, 1.82) is 0 Å². The van der Waals surface area contributed by atoms with Gasteiger partial charge >= 0.3 is 0 Å². The molecule has 0 saturated carbocycles. The van der Waals surface area contributed by atoms with Crippen molar-refractivity contribution < 1.29 is 17.9 Å². The Bertz CT molecular complexity index is 1530. The van der Waals surface area contributed by atoms with Gasteiger partial charge in [0.15, 0.2) is 0 Å². The summed E-state index contributed by atoms with van der Waals surface area (Å²) in [6.45, 7) is 4.29. The molecule has 0 aliphatic carbocycles. The van der Waals surface area contributed by atoms with Crippen molar-refractivity contribution in [1.82, 2.24) is 19.1 Å². The van der Waals surface area contributed by atoms with Crippen molar-refractivity contribution in [2.45, 2.75) is 31.6 Å². The van der Waals surface area contributed by atoms with Gasteiger partial charge in [-0.3, -0.25) is 4.79 Å². The maximum absolute atomic E-state index is 13.3. The fourth-order valence-corrected chi connectivity index (χ4v) is 6.79. The zero-order valence-corrected chi connectivity index (χ0v) is 21.9. The smallest absolute Gasteiger partial charge is 0.243 e. The summed E-state index contributed by atoms with van der Waals surface area (Å²) in [5.41, 5.74) is 2.53. The third-order valence-corrected chi connectivity index (χ3v) is 9.14. The van der Waals surface area contributed by atoms with Gasteiger partial charge in [-0.25, -0.2) is 13.4 Å².